The number of fused-ring (bicyclic) bond motifs is 1. The van der Waals surface area contributed by atoms with Crippen LogP contribution < -0.4 is 10.4 Å². The molecule has 2 aromatic carbocycles. The highest BCUT2D eigenvalue weighted by Crippen LogP contribution is 2.50. The molecule has 0 aliphatic carbocycles. The molecule has 2 saturated heterocycles. The van der Waals surface area contributed by atoms with E-state index in [1.807, 2.05) is 36.4 Å². The van der Waals surface area contributed by atoms with E-state index in [1.165, 1.54) is 0 Å². The molecule has 1 unspecified atom stereocenters. The molecule has 0 bridgehead atoms. The van der Waals surface area contributed by atoms with Crippen LogP contribution in [0, 0.1) is 11.3 Å². The minimum Gasteiger partial charge on any atom is -0.424 e. The van der Waals surface area contributed by atoms with Crippen molar-refractivity contribution in [2.24, 2.45) is 0 Å². The first-order valence-corrected chi connectivity index (χ1v) is 15.4. The zero-order valence-electron chi connectivity index (χ0n) is 21.7. The van der Waals surface area contributed by atoms with Crippen LogP contribution >= 0.6 is 0 Å². The molecule has 0 radical (unpaired) electrons. The first-order valence-electron chi connectivity index (χ1n) is 13.5. The van der Waals surface area contributed by atoms with Gasteiger partial charge in [-0.25, -0.2) is 0 Å². The molecule has 4 rings (SSSR count). The lowest BCUT2D eigenvalue weighted by molar-refractivity contribution is -0.171. The van der Waals surface area contributed by atoms with Gasteiger partial charge in [0.25, 0.3) is 8.32 Å². The standard InChI is InChI=1S/C30H41NO4Si/c1-29(2,36(33,26-13-5-3-6-14-26)27-15-7-4-8-16-27)19-20-30-23-25(12-10-22-32)34-28(30)18-17-24(35-30)11-9-21-31/h3-8,13-16,24-25,28,32-33H,9-12,17-20,22-23H2,1-2H3/t24?,25-,28-,30-/m0/s1. The Morgan fingerprint density at radius 2 is 1.64 bits per heavy atom. The van der Waals surface area contributed by atoms with Crippen LogP contribution in [0.1, 0.15) is 71.6 Å². The molecular weight excluding hydrogens is 466 g/mol. The van der Waals surface area contributed by atoms with Crippen molar-refractivity contribution >= 4 is 18.7 Å². The van der Waals surface area contributed by atoms with Gasteiger partial charge in [0.2, 0.25) is 0 Å². The Kier molecular flexibility index (Phi) is 8.70. The Labute approximate surface area is 217 Å². The number of hydrogen-bond donors (Lipinski definition) is 2. The smallest absolute Gasteiger partial charge is 0.258 e. The molecular formula is C30H41NO4Si. The molecule has 0 spiro atoms. The van der Waals surface area contributed by atoms with E-state index in [4.69, 9.17) is 14.7 Å². The first-order chi connectivity index (χ1) is 17.3. The summed E-state index contributed by atoms with van der Waals surface area (Å²) in [5.74, 6) is 0. The number of aliphatic hydroxyl groups excluding tert-OH is 1. The highest BCUT2D eigenvalue weighted by molar-refractivity contribution is 6.98. The topological polar surface area (TPSA) is 82.7 Å². The molecule has 2 fully saturated rings. The largest absolute Gasteiger partial charge is 0.424 e. The number of nitriles is 1. The highest BCUT2D eigenvalue weighted by atomic mass is 28.4. The second-order valence-corrected chi connectivity index (χ2v) is 15.2. The van der Waals surface area contributed by atoms with Crippen LogP contribution in [0.2, 0.25) is 5.04 Å². The summed E-state index contributed by atoms with van der Waals surface area (Å²) in [5, 5.41) is 20.2. The third-order valence-corrected chi connectivity index (χ3v) is 13.0. The van der Waals surface area contributed by atoms with Crippen LogP contribution in [-0.2, 0) is 9.47 Å². The van der Waals surface area contributed by atoms with E-state index in [0.717, 1.165) is 61.7 Å². The zero-order valence-corrected chi connectivity index (χ0v) is 22.7. The number of hydrogen-bond acceptors (Lipinski definition) is 5. The Morgan fingerprint density at radius 3 is 2.22 bits per heavy atom. The first kappa shape index (κ1) is 27.0. The van der Waals surface area contributed by atoms with Gasteiger partial charge in [-0.05, 0) is 60.4 Å². The lowest BCUT2D eigenvalue weighted by atomic mass is 9.80. The van der Waals surface area contributed by atoms with Crippen molar-refractivity contribution in [3.8, 4) is 6.07 Å². The maximum absolute atomic E-state index is 12.6. The maximum Gasteiger partial charge on any atom is 0.258 e. The van der Waals surface area contributed by atoms with Gasteiger partial charge >= 0.3 is 0 Å². The number of rotatable bonds is 11. The summed E-state index contributed by atoms with van der Waals surface area (Å²) < 4.78 is 13.3. The normalized spacial score (nSPS) is 26.4. The fraction of sp³-hybridized carbons (Fsp3) is 0.567. The van der Waals surface area contributed by atoms with Crippen LogP contribution in [-0.4, -0.2) is 48.7 Å². The average molecular weight is 508 g/mol. The molecule has 2 aromatic rings. The van der Waals surface area contributed by atoms with E-state index in [0.29, 0.717) is 6.42 Å². The molecule has 194 valence electrons. The van der Waals surface area contributed by atoms with Gasteiger partial charge in [-0.1, -0.05) is 74.5 Å². The second-order valence-electron chi connectivity index (χ2n) is 11.2. The number of nitrogens with zero attached hydrogens (tertiary/aromatic N) is 1. The van der Waals surface area contributed by atoms with E-state index in [2.05, 4.69) is 44.2 Å². The lowest BCUT2D eigenvalue weighted by Gasteiger charge is -2.46. The SMILES string of the molecule is CC(C)(CC[C@]12C[C@H](CCCO)O[C@H]1CCC(CCC#N)O2)[Si](O)(c1ccccc1)c1ccccc1. The van der Waals surface area contributed by atoms with Crippen LogP contribution in [0.25, 0.3) is 0 Å². The van der Waals surface area contributed by atoms with Gasteiger partial charge in [0.05, 0.1) is 30.0 Å². The summed E-state index contributed by atoms with van der Waals surface area (Å²) in [7, 11) is -3.11. The molecule has 2 aliphatic rings. The minimum atomic E-state index is -3.11. The monoisotopic (exact) mass is 507 g/mol. The molecule has 36 heavy (non-hydrogen) atoms. The Hall–Kier alpha value is -2.01. The van der Waals surface area contributed by atoms with E-state index in [9.17, 15) is 9.90 Å². The van der Waals surface area contributed by atoms with Crippen LogP contribution in [0.4, 0.5) is 0 Å². The fourth-order valence-electron chi connectivity index (χ4n) is 6.36. The molecule has 0 saturated carbocycles. The molecule has 2 aliphatic heterocycles. The van der Waals surface area contributed by atoms with Crippen molar-refractivity contribution < 1.29 is 19.4 Å². The van der Waals surface area contributed by atoms with Gasteiger partial charge in [0.1, 0.15) is 0 Å². The van der Waals surface area contributed by atoms with Crippen molar-refractivity contribution in [2.75, 3.05) is 6.61 Å². The third-order valence-electron chi connectivity index (χ3n) is 8.47. The molecule has 6 heteroatoms. The van der Waals surface area contributed by atoms with Crippen molar-refractivity contribution in [1.82, 2.24) is 0 Å². The quantitative estimate of drug-likeness (QED) is 0.439. The van der Waals surface area contributed by atoms with Crippen molar-refractivity contribution in [3.63, 3.8) is 0 Å². The van der Waals surface area contributed by atoms with E-state index >= 15 is 0 Å². The minimum absolute atomic E-state index is 0.0264. The summed E-state index contributed by atoms with van der Waals surface area (Å²) in [6, 6.07) is 22.6. The van der Waals surface area contributed by atoms with Gasteiger partial charge in [0.15, 0.2) is 0 Å². The fourth-order valence-corrected chi connectivity index (χ4v) is 10.1. The Bertz CT molecular complexity index is 969. The highest BCUT2D eigenvalue weighted by Gasteiger charge is 2.55. The van der Waals surface area contributed by atoms with Crippen LogP contribution in [0.3, 0.4) is 0 Å². The molecule has 5 nitrogen and oxygen atoms in total. The van der Waals surface area contributed by atoms with Gasteiger partial charge in [0, 0.05) is 19.4 Å². The molecule has 2 heterocycles. The molecule has 2 N–H and O–H groups in total. The van der Waals surface area contributed by atoms with Gasteiger partial charge < -0.3 is 19.4 Å². The van der Waals surface area contributed by atoms with E-state index in [1.54, 1.807) is 0 Å². The van der Waals surface area contributed by atoms with Crippen molar-refractivity contribution in [2.45, 2.75) is 101 Å². The summed E-state index contributed by atoms with van der Waals surface area (Å²) in [6.45, 7) is 4.59. The average Bonchev–Trinajstić information content (AvgIpc) is 3.28. The van der Waals surface area contributed by atoms with Gasteiger partial charge in [-0.2, -0.15) is 5.26 Å². The van der Waals surface area contributed by atoms with Gasteiger partial charge in [-0.15, -0.1) is 0 Å². The number of ether oxygens (including phenoxy) is 2. The van der Waals surface area contributed by atoms with E-state index < -0.39 is 13.9 Å². The summed E-state index contributed by atoms with van der Waals surface area (Å²) in [6.07, 6.45) is 7.26. The van der Waals surface area contributed by atoms with Crippen molar-refractivity contribution in [3.05, 3.63) is 60.7 Å². The molecule has 4 atom stereocenters. The zero-order chi connectivity index (χ0) is 25.7. The number of benzene rings is 2. The predicted molar refractivity (Wildman–Crippen MR) is 145 cm³/mol. The third kappa shape index (κ3) is 5.46. The predicted octanol–water partition coefficient (Wildman–Crippen LogP) is 4.45. The summed E-state index contributed by atoms with van der Waals surface area (Å²) in [5.41, 5.74) is -0.404. The van der Waals surface area contributed by atoms with E-state index in [-0.39, 0.29) is 30.0 Å². The lowest BCUT2D eigenvalue weighted by Crippen LogP contribution is -2.65. The number of aliphatic hydroxyl groups is 1. The van der Waals surface area contributed by atoms with Gasteiger partial charge in [-0.3, -0.25) is 0 Å². The molecule has 0 amide bonds. The van der Waals surface area contributed by atoms with Crippen LogP contribution in [0.5, 0.6) is 0 Å². The second kappa shape index (κ2) is 11.6. The van der Waals surface area contributed by atoms with Crippen LogP contribution in [0.15, 0.2) is 60.7 Å². The molecule has 0 aromatic heterocycles. The summed E-state index contributed by atoms with van der Waals surface area (Å²) in [4.78, 5) is 12.6. The summed E-state index contributed by atoms with van der Waals surface area (Å²) >= 11 is 0. The maximum atomic E-state index is 12.6. The Balaban J connectivity index is 1.62. The van der Waals surface area contributed by atoms with Crippen molar-refractivity contribution in [1.29, 1.82) is 5.26 Å². The Morgan fingerprint density at radius 1 is 1.00 bits per heavy atom.